The summed E-state index contributed by atoms with van der Waals surface area (Å²) in [6.07, 6.45) is -2.45. The smallest absolute Gasteiger partial charge is 0.429 e. The quantitative estimate of drug-likeness (QED) is 0.280. The van der Waals surface area contributed by atoms with Crippen LogP contribution in [-0.4, -0.2) is 95.3 Å². The molecular weight excluding hydrogens is 653 g/mol. The molecule has 0 bridgehead atoms. The molecular formula is C31H38F3N8O5S-. The van der Waals surface area contributed by atoms with Crippen LogP contribution in [0.5, 0.6) is 5.88 Å². The van der Waals surface area contributed by atoms with Crippen LogP contribution in [-0.2, 0) is 15.9 Å². The van der Waals surface area contributed by atoms with E-state index in [1.807, 2.05) is 9.80 Å². The van der Waals surface area contributed by atoms with E-state index in [0.717, 1.165) is 5.56 Å². The number of nitrogens with one attached hydrogen (secondary N) is 1. The number of carbonyl (C=O) groups is 1. The SMILES string of the molecule is Cc1ccn(-c2cc(C3CCN(CS(=O)[O-])CC3)ccc2[C@@H](Oc2cc(N3CCC4(CC3)CN[C@H](C(=O)O)C4)nc(N)n2)C(F)(F)F)n1. The summed E-state index contributed by atoms with van der Waals surface area (Å²) in [5.74, 6) is -1.13. The van der Waals surface area contributed by atoms with Gasteiger partial charge in [0.2, 0.25) is 17.9 Å². The minimum Gasteiger partial charge on any atom is -0.771 e. The molecule has 0 aliphatic carbocycles. The van der Waals surface area contributed by atoms with Crippen LogP contribution in [0.2, 0.25) is 0 Å². The first-order valence-corrected chi connectivity index (χ1v) is 17.1. The highest BCUT2D eigenvalue weighted by atomic mass is 32.2. The van der Waals surface area contributed by atoms with Crippen LogP contribution in [0.15, 0.2) is 36.5 Å². The molecule has 3 fully saturated rings. The summed E-state index contributed by atoms with van der Waals surface area (Å²) in [5, 5.41) is 16.9. The van der Waals surface area contributed by atoms with Gasteiger partial charge in [0, 0.05) is 37.5 Å². The lowest BCUT2D eigenvalue weighted by atomic mass is 9.76. The number of rotatable bonds is 9. The van der Waals surface area contributed by atoms with Crippen LogP contribution >= 0.6 is 0 Å². The molecule has 0 radical (unpaired) electrons. The summed E-state index contributed by atoms with van der Waals surface area (Å²) in [4.78, 5) is 23.5. The van der Waals surface area contributed by atoms with Gasteiger partial charge in [0.1, 0.15) is 11.9 Å². The Balaban J connectivity index is 1.25. The largest absolute Gasteiger partial charge is 0.771 e. The van der Waals surface area contributed by atoms with E-state index in [1.165, 1.54) is 16.8 Å². The topological polar surface area (TPSA) is 175 Å². The molecule has 3 aliphatic rings. The average Bonchev–Trinajstić information content (AvgIpc) is 3.66. The van der Waals surface area contributed by atoms with E-state index in [0.29, 0.717) is 76.3 Å². The number of aryl methyl sites for hydroxylation is 1. The number of aromatic nitrogens is 4. The number of anilines is 2. The number of alkyl halides is 3. The second kappa shape index (κ2) is 13.6. The van der Waals surface area contributed by atoms with Crippen molar-refractivity contribution in [3.8, 4) is 11.6 Å². The van der Waals surface area contributed by atoms with E-state index in [9.17, 15) is 31.8 Å². The van der Waals surface area contributed by atoms with Gasteiger partial charge in [-0.3, -0.25) is 13.9 Å². The summed E-state index contributed by atoms with van der Waals surface area (Å²) in [7, 11) is 0. The summed E-state index contributed by atoms with van der Waals surface area (Å²) in [6.45, 7) is 4.48. The van der Waals surface area contributed by atoms with Crippen LogP contribution in [0.25, 0.3) is 5.69 Å². The number of nitrogen functional groups attached to an aromatic ring is 1. The van der Waals surface area contributed by atoms with Crippen molar-refractivity contribution in [2.45, 2.75) is 63.3 Å². The van der Waals surface area contributed by atoms with Crippen molar-refractivity contribution in [2.24, 2.45) is 5.41 Å². The molecule has 48 heavy (non-hydrogen) atoms. The summed E-state index contributed by atoms with van der Waals surface area (Å²) in [5.41, 5.74) is 7.32. The van der Waals surface area contributed by atoms with Crippen molar-refractivity contribution in [3.05, 3.63) is 53.3 Å². The first kappa shape index (κ1) is 34.1. The monoisotopic (exact) mass is 691 g/mol. The number of likely N-dealkylation sites (tertiary alicyclic amines) is 1. The number of piperidine rings is 2. The van der Waals surface area contributed by atoms with Crippen LogP contribution in [0.3, 0.4) is 0 Å². The van der Waals surface area contributed by atoms with Crippen LogP contribution < -0.4 is 20.7 Å². The van der Waals surface area contributed by atoms with E-state index >= 15 is 0 Å². The van der Waals surface area contributed by atoms with Crippen LogP contribution in [0.4, 0.5) is 24.9 Å². The van der Waals surface area contributed by atoms with Gasteiger partial charge < -0.3 is 30.3 Å². The van der Waals surface area contributed by atoms with E-state index in [2.05, 4.69) is 20.4 Å². The fraction of sp³-hybridized carbons (Fsp3) is 0.548. The van der Waals surface area contributed by atoms with Crippen LogP contribution in [0, 0.1) is 12.3 Å². The van der Waals surface area contributed by atoms with Gasteiger partial charge in [0.25, 0.3) is 0 Å². The Labute approximate surface area is 277 Å². The number of carboxylic acids is 1. The predicted octanol–water partition coefficient (Wildman–Crippen LogP) is 3.28. The van der Waals surface area contributed by atoms with Gasteiger partial charge in [-0.25, -0.2) is 4.68 Å². The van der Waals surface area contributed by atoms with E-state index in [4.69, 9.17) is 10.5 Å². The van der Waals surface area contributed by atoms with E-state index in [1.54, 1.807) is 31.3 Å². The van der Waals surface area contributed by atoms with Gasteiger partial charge in [-0.15, -0.1) is 0 Å². The Bertz CT molecular complexity index is 1660. The van der Waals surface area contributed by atoms with Crippen molar-refractivity contribution in [1.29, 1.82) is 0 Å². The molecule has 2 aromatic heterocycles. The second-order valence-corrected chi connectivity index (χ2v) is 13.8. The molecule has 3 aromatic rings. The molecule has 13 nitrogen and oxygen atoms in total. The Morgan fingerprint density at radius 3 is 2.52 bits per heavy atom. The first-order valence-electron chi connectivity index (χ1n) is 15.8. The van der Waals surface area contributed by atoms with Gasteiger partial charge in [-0.1, -0.05) is 12.1 Å². The molecule has 1 unspecified atom stereocenters. The fourth-order valence-corrected chi connectivity index (χ4v) is 7.65. The zero-order chi connectivity index (χ0) is 34.2. The zero-order valence-corrected chi connectivity index (χ0v) is 27.2. The van der Waals surface area contributed by atoms with Gasteiger partial charge >= 0.3 is 12.1 Å². The summed E-state index contributed by atoms with van der Waals surface area (Å²) in [6, 6.07) is 7.24. The van der Waals surface area contributed by atoms with Gasteiger partial charge in [0.05, 0.1) is 17.3 Å². The summed E-state index contributed by atoms with van der Waals surface area (Å²) < 4.78 is 73.9. The summed E-state index contributed by atoms with van der Waals surface area (Å²) >= 11 is -2.18. The Morgan fingerprint density at radius 2 is 1.92 bits per heavy atom. The number of aliphatic carboxylic acids is 1. The Morgan fingerprint density at radius 1 is 1.19 bits per heavy atom. The molecule has 260 valence electrons. The molecule has 3 aliphatic heterocycles. The van der Waals surface area contributed by atoms with Gasteiger partial charge in [-0.2, -0.15) is 28.2 Å². The number of halogens is 3. The van der Waals surface area contributed by atoms with Crippen molar-refractivity contribution in [1.82, 2.24) is 30.0 Å². The Kier molecular flexibility index (Phi) is 9.66. The van der Waals surface area contributed by atoms with Crippen molar-refractivity contribution in [2.75, 3.05) is 49.2 Å². The molecule has 4 N–H and O–H groups in total. The van der Waals surface area contributed by atoms with Gasteiger partial charge in [0.15, 0.2) is 0 Å². The van der Waals surface area contributed by atoms with E-state index in [-0.39, 0.29) is 40.3 Å². The lowest BCUT2D eigenvalue weighted by Crippen LogP contribution is -2.41. The minimum atomic E-state index is -4.84. The molecule has 1 spiro atoms. The second-order valence-electron chi connectivity index (χ2n) is 13.0. The maximum Gasteiger partial charge on any atom is 0.429 e. The number of ether oxygens (including phenoxy) is 1. The molecule has 0 amide bonds. The zero-order valence-electron chi connectivity index (χ0n) is 26.4. The number of hydrogen-bond donors (Lipinski definition) is 3. The number of nitrogens with two attached hydrogens (primary N) is 1. The van der Waals surface area contributed by atoms with Crippen molar-refractivity contribution < 1.29 is 36.6 Å². The molecule has 1 aromatic carbocycles. The lowest BCUT2D eigenvalue weighted by molar-refractivity contribution is -0.198. The average molecular weight is 692 g/mol. The normalized spacial score (nSPS) is 21.8. The standard InChI is InChI=1S/C31H39F3N8O5S/c1-19-4-11-42(39-19)24-14-21(20-5-9-40(10-6-20)18-48(45)46)2-3-22(24)27(31(32,33)34)47-26-15-25(37-29(35)38-26)41-12-7-30(8-13-41)16-23(28(43)44)36-17-30/h2-4,11,14-15,20,23,27,36H,5-10,12-13,16-18H2,1H3,(H,43,44)(H,45,46)(H2,35,37,38)/p-1/t23-,27+/m0/s1. The van der Waals surface area contributed by atoms with Gasteiger partial charge in [-0.05, 0) is 92.2 Å². The highest BCUT2D eigenvalue weighted by Crippen LogP contribution is 2.43. The number of hydrogen-bond acceptors (Lipinski definition) is 11. The maximum absolute atomic E-state index is 14.9. The first-order chi connectivity index (χ1) is 22.8. The number of benzene rings is 1. The highest BCUT2D eigenvalue weighted by Gasteiger charge is 2.46. The molecule has 3 atom stereocenters. The van der Waals surface area contributed by atoms with Crippen LogP contribution in [0.1, 0.15) is 60.9 Å². The van der Waals surface area contributed by atoms with E-state index < -0.39 is 35.4 Å². The minimum absolute atomic E-state index is 0.0268. The van der Waals surface area contributed by atoms with Crippen molar-refractivity contribution in [3.63, 3.8) is 0 Å². The molecule has 3 saturated heterocycles. The number of nitrogens with zero attached hydrogens (tertiary/aromatic N) is 6. The Hall–Kier alpha value is -3.80. The number of carboxylic acid groups (broad SMARTS) is 1. The molecule has 5 heterocycles. The lowest BCUT2D eigenvalue weighted by Gasteiger charge is -2.39. The maximum atomic E-state index is 14.9. The predicted molar refractivity (Wildman–Crippen MR) is 169 cm³/mol. The van der Waals surface area contributed by atoms with Crippen molar-refractivity contribution >= 4 is 28.8 Å². The third-order valence-electron chi connectivity index (χ3n) is 9.70. The third-order valence-corrected chi connectivity index (χ3v) is 10.3. The fourth-order valence-electron chi connectivity index (χ4n) is 7.09. The molecule has 0 saturated carbocycles. The highest BCUT2D eigenvalue weighted by molar-refractivity contribution is 7.79. The molecule has 6 rings (SSSR count). The third kappa shape index (κ3) is 7.58. The molecule has 17 heteroatoms.